The van der Waals surface area contributed by atoms with E-state index < -0.39 is 0 Å². The molecule has 0 aliphatic rings. The molecular weight excluding hydrogens is 330 g/mol. The summed E-state index contributed by atoms with van der Waals surface area (Å²) < 4.78 is 0.831. The van der Waals surface area contributed by atoms with Gasteiger partial charge in [0, 0.05) is 22.7 Å². The lowest BCUT2D eigenvalue weighted by molar-refractivity contribution is 0.102. The van der Waals surface area contributed by atoms with Gasteiger partial charge in [0.2, 0.25) is 5.28 Å². The number of hydrogen-bond acceptors (Lipinski definition) is 4. The lowest BCUT2D eigenvalue weighted by Gasteiger charge is -2.08. The van der Waals surface area contributed by atoms with Gasteiger partial charge in [-0.1, -0.05) is 36.4 Å². The highest BCUT2D eigenvalue weighted by molar-refractivity contribution is 7.17. The van der Waals surface area contributed by atoms with Crippen LogP contribution in [0.1, 0.15) is 10.4 Å². The molecule has 0 radical (unpaired) electrons. The largest absolute Gasteiger partial charge is 0.321 e. The molecule has 0 aliphatic heterocycles. The second kappa shape index (κ2) is 5.61. The zero-order valence-corrected chi connectivity index (χ0v) is 13.4. The standard InChI is InChI=1S/C17H10ClN3OS/c18-17-19-8-14-15(21-17)12(9-23-14)16(22)20-13-7-3-5-10-4-1-2-6-11(10)13/h1-9H,(H,20,22). The number of anilines is 1. The predicted octanol–water partition coefficient (Wildman–Crippen LogP) is 4.75. The van der Waals surface area contributed by atoms with E-state index in [9.17, 15) is 4.79 Å². The van der Waals surface area contributed by atoms with Gasteiger partial charge < -0.3 is 5.32 Å². The Balaban J connectivity index is 1.75. The van der Waals surface area contributed by atoms with E-state index in [2.05, 4.69) is 15.3 Å². The van der Waals surface area contributed by atoms with E-state index in [0.29, 0.717) is 11.1 Å². The summed E-state index contributed by atoms with van der Waals surface area (Å²) in [5.41, 5.74) is 1.85. The topological polar surface area (TPSA) is 54.9 Å². The minimum absolute atomic E-state index is 0.134. The van der Waals surface area contributed by atoms with E-state index in [-0.39, 0.29) is 11.2 Å². The summed E-state index contributed by atoms with van der Waals surface area (Å²) >= 11 is 7.26. The van der Waals surface area contributed by atoms with Crippen LogP contribution in [0.3, 0.4) is 0 Å². The molecule has 2 aromatic carbocycles. The van der Waals surface area contributed by atoms with Crippen molar-refractivity contribution in [2.75, 3.05) is 5.32 Å². The molecule has 0 aliphatic carbocycles. The summed E-state index contributed by atoms with van der Waals surface area (Å²) in [5.74, 6) is -0.206. The summed E-state index contributed by atoms with van der Waals surface area (Å²) in [5, 5.41) is 6.94. The van der Waals surface area contributed by atoms with Crippen molar-refractivity contribution in [1.82, 2.24) is 9.97 Å². The van der Waals surface area contributed by atoms with Crippen LogP contribution in [-0.4, -0.2) is 15.9 Å². The summed E-state index contributed by atoms with van der Waals surface area (Å²) in [6.07, 6.45) is 1.63. The molecule has 0 saturated heterocycles. The average molecular weight is 340 g/mol. The van der Waals surface area contributed by atoms with Gasteiger partial charge in [0.05, 0.1) is 15.8 Å². The van der Waals surface area contributed by atoms with E-state index in [1.807, 2.05) is 42.5 Å². The number of carbonyl (C=O) groups is 1. The highest BCUT2D eigenvalue weighted by Crippen LogP contribution is 2.27. The molecule has 0 spiro atoms. The number of aromatic nitrogens is 2. The van der Waals surface area contributed by atoms with Crippen LogP contribution in [0.15, 0.2) is 54.0 Å². The molecule has 2 aromatic heterocycles. The van der Waals surface area contributed by atoms with Crippen LogP contribution < -0.4 is 5.32 Å². The average Bonchev–Trinajstić information content (AvgIpc) is 2.98. The third-order valence-electron chi connectivity index (χ3n) is 3.57. The Morgan fingerprint density at radius 1 is 1.13 bits per heavy atom. The van der Waals surface area contributed by atoms with Crippen LogP contribution in [0.25, 0.3) is 21.0 Å². The number of halogens is 1. The van der Waals surface area contributed by atoms with Gasteiger partial charge in [0.1, 0.15) is 0 Å². The van der Waals surface area contributed by atoms with Crippen molar-refractivity contribution in [3.63, 3.8) is 0 Å². The third-order valence-corrected chi connectivity index (χ3v) is 4.66. The van der Waals surface area contributed by atoms with Gasteiger partial charge in [0.15, 0.2) is 0 Å². The minimum Gasteiger partial charge on any atom is -0.321 e. The van der Waals surface area contributed by atoms with E-state index in [1.165, 1.54) is 11.3 Å². The quantitative estimate of drug-likeness (QED) is 0.536. The molecule has 1 N–H and O–H groups in total. The van der Waals surface area contributed by atoms with Crippen LogP contribution >= 0.6 is 22.9 Å². The second-order valence-corrected chi connectivity index (χ2v) is 6.23. The number of amides is 1. The van der Waals surface area contributed by atoms with E-state index in [1.54, 1.807) is 11.6 Å². The van der Waals surface area contributed by atoms with E-state index >= 15 is 0 Å². The maximum Gasteiger partial charge on any atom is 0.258 e. The van der Waals surface area contributed by atoms with E-state index in [4.69, 9.17) is 11.6 Å². The van der Waals surface area contributed by atoms with Crippen molar-refractivity contribution in [2.45, 2.75) is 0 Å². The number of carbonyl (C=O) groups excluding carboxylic acids is 1. The monoisotopic (exact) mass is 339 g/mol. The molecular formula is C17H10ClN3OS. The first-order valence-electron chi connectivity index (χ1n) is 6.91. The Hall–Kier alpha value is -2.50. The van der Waals surface area contributed by atoms with Crippen molar-refractivity contribution in [3.8, 4) is 0 Å². The fourth-order valence-corrected chi connectivity index (χ4v) is 3.47. The van der Waals surface area contributed by atoms with Crippen molar-refractivity contribution < 1.29 is 4.79 Å². The first kappa shape index (κ1) is 14.1. The molecule has 1 amide bonds. The highest BCUT2D eigenvalue weighted by atomic mass is 35.5. The van der Waals surface area contributed by atoms with Crippen LogP contribution in [-0.2, 0) is 0 Å². The Labute approximate surface area is 140 Å². The van der Waals surface area contributed by atoms with Crippen molar-refractivity contribution >= 4 is 55.5 Å². The molecule has 0 bridgehead atoms. The summed E-state index contributed by atoms with van der Waals surface area (Å²) in [7, 11) is 0. The Bertz CT molecular complexity index is 1040. The molecule has 2 heterocycles. The third kappa shape index (κ3) is 2.54. The summed E-state index contributed by atoms with van der Waals surface area (Å²) in [6, 6.07) is 13.7. The smallest absolute Gasteiger partial charge is 0.258 e. The molecule has 0 atom stereocenters. The molecule has 112 valence electrons. The number of hydrogen-bond donors (Lipinski definition) is 1. The van der Waals surface area contributed by atoms with Crippen LogP contribution in [0.2, 0.25) is 5.28 Å². The fourth-order valence-electron chi connectivity index (χ4n) is 2.49. The second-order valence-electron chi connectivity index (χ2n) is 4.98. The van der Waals surface area contributed by atoms with Crippen molar-refractivity contribution in [3.05, 3.63) is 64.9 Å². The van der Waals surface area contributed by atoms with Gasteiger partial charge >= 0.3 is 0 Å². The zero-order valence-electron chi connectivity index (χ0n) is 11.8. The number of rotatable bonds is 2. The Morgan fingerprint density at radius 3 is 2.87 bits per heavy atom. The first-order chi connectivity index (χ1) is 11.2. The zero-order chi connectivity index (χ0) is 15.8. The molecule has 6 heteroatoms. The lowest BCUT2D eigenvalue weighted by Crippen LogP contribution is -2.12. The normalized spacial score (nSPS) is 11.0. The van der Waals surface area contributed by atoms with Gasteiger partial charge in [-0.05, 0) is 23.1 Å². The predicted molar refractivity (Wildman–Crippen MR) is 94.3 cm³/mol. The van der Waals surface area contributed by atoms with Crippen LogP contribution in [0.5, 0.6) is 0 Å². The minimum atomic E-state index is -0.206. The Morgan fingerprint density at radius 2 is 1.96 bits per heavy atom. The van der Waals surface area contributed by atoms with Gasteiger partial charge in [-0.2, -0.15) is 0 Å². The molecule has 4 rings (SSSR count). The molecule has 0 unspecified atom stereocenters. The fraction of sp³-hybridized carbons (Fsp3) is 0. The number of nitrogens with one attached hydrogen (secondary N) is 1. The molecule has 23 heavy (non-hydrogen) atoms. The van der Waals surface area contributed by atoms with Gasteiger partial charge in [0.25, 0.3) is 5.91 Å². The molecule has 4 nitrogen and oxygen atoms in total. The maximum atomic E-state index is 12.6. The number of fused-ring (bicyclic) bond motifs is 2. The van der Waals surface area contributed by atoms with Gasteiger partial charge in [-0.3, -0.25) is 4.79 Å². The van der Waals surface area contributed by atoms with Crippen LogP contribution in [0, 0.1) is 0 Å². The number of nitrogens with zero attached hydrogens (tertiary/aromatic N) is 2. The van der Waals surface area contributed by atoms with Gasteiger partial charge in [-0.25, -0.2) is 9.97 Å². The Kier molecular flexibility index (Phi) is 3.44. The molecule has 4 aromatic rings. The van der Waals surface area contributed by atoms with Crippen molar-refractivity contribution in [2.24, 2.45) is 0 Å². The first-order valence-corrected chi connectivity index (χ1v) is 8.17. The summed E-state index contributed by atoms with van der Waals surface area (Å²) in [6.45, 7) is 0. The molecule has 0 saturated carbocycles. The van der Waals surface area contributed by atoms with Crippen LogP contribution in [0.4, 0.5) is 5.69 Å². The highest BCUT2D eigenvalue weighted by Gasteiger charge is 2.15. The molecule has 0 fully saturated rings. The number of benzene rings is 2. The SMILES string of the molecule is O=C(Nc1cccc2ccccc12)c1csc2cnc(Cl)nc12. The lowest BCUT2D eigenvalue weighted by atomic mass is 10.1. The van der Waals surface area contributed by atoms with E-state index in [0.717, 1.165) is 21.2 Å². The van der Waals surface area contributed by atoms with Gasteiger partial charge in [-0.15, -0.1) is 11.3 Å². The summed E-state index contributed by atoms with van der Waals surface area (Å²) in [4.78, 5) is 20.7. The maximum absolute atomic E-state index is 12.6. The van der Waals surface area contributed by atoms with Crippen molar-refractivity contribution in [1.29, 1.82) is 0 Å². The number of thiophene rings is 1.